The summed E-state index contributed by atoms with van der Waals surface area (Å²) in [5.74, 6) is 6.98. The molecular formula is C12H20N4O. The van der Waals surface area contributed by atoms with Gasteiger partial charge in [-0.1, -0.05) is 6.92 Å². The molecule has 1 saturated heterocycles. The number of hydrazine groups is 1. The Kier molecular flexibility index (Phi) is 3.59. The lowest BCUT2D eigenvalue weighted by Crippen LogP contribution is -2.16. The Morgan fingerprint density at radius 3 is 2.71 bits per heavy atom. The van der Waals surface area contributed by atoms with Crippen LogP contribution in [0.25, 0.3) is 0 Å². The maximum Gasteiger partial charge on any atom is 0.159 e. The van der Waals surface area contributed by atoms with Crippen molar-refractivity contribution in [1.29, 1.82) is 0 Å². The third-order valence-electron chi connectivity index (χ3n) is 3.24. The van der Waals surface area contributed by atoms with Crippen molar-refractivity contribution in [2.75, 3.05) is 5.43 Å². The molecule has 5 heteroatoms. The molecule has 0 aliphatic carbocycles. The van der Waals surface area contributed by atoms with Gasteiger partial charge in [0, 0.05) is 11.3 Å². The van der Waals surface area contributed by atoms with E-state index in [0.717, 1.165) is 42.2 Å². The van der Waals surface area contributed by atoms with E-state index in [4.69, 9.17) is 10.6 Å². The van der Waals surface area contributed by atoms with Gasteiger partial charge in [0.1, 0.15) is 11.9 Å². The zero-order valence-electron chi connectivity index (χ0n) is 10.7. The van der Waals surface area contributed by atoms with E-state index in [1.807, 2.05) is 6.92 Å². The number of nitrogens with one attached hydrogen (secondary N) is 1. The summed E-state index contributed by atoms with van der Waals surface area (Å²) in [6.45, 7) is 6.14. The molecule has 94 valence electrons. The molecule has 1 fully saturated rings. The molecule has 0 spiro atoms. The predicted molar refractivity (Wildman–Crippen MR) is 66.5 cm³/mol. The quantitative estimate of drug-likeness (QED) is 0.619. The Hall–Kier alpha value is -1.20. The predicted octanol–water partition coefficient (Wildman–Crippen LogP) is 1.87. The third kappa shape index (κ3) is 2.40. The Bertz CT molecular complexity index is 408. The lowest BCUT2D eigenvalue weighted by molar-refractivity contribution is 0.0502. The van der Waals surface area contributed by atoms with Gasteiger partial charge in [0.05, 0.1) is 6.10 Å². The van der Waals surface area contributed by atoms with Crippen molar-refractivity contribution in [1.82, 2.24) is 9.97 Å². The number of nitrogens with two attached hydrogens (primary N) is 1. The zero-order chi connectivity index (χ0) is 12.4. The first kappa shape index (κ1) is 12.3. The Labute approximate surface area is 102 Å². The van der Waals surface area contributed by atoms with Crippen LogP contribution in [0, 0.1) is 6.92 Å². The minimum Gasteiger partial charge on any atom is -0.367 e. The van der Waals surface area contributed by atoms with Crippen molar-refractivity contribution in [3.05, 3.63) is 17.1 Å². The first-order chi connectivity index (χ1) is 8.15. The summed E-state index contributed by atoms with van der Waals surface area (Å²) in [5, 5.41) is 0. The molecule has 3 N–H and O–H groups in total. The number of hydrogen-bond donors (Lipinski definition) is 2. The van der Waals surface area contributed by atoms with E-state index < -0.39 is 0 Å². The molecule has 1 aromatic heterocycles. The average Bonchev–Trinajstić information content (AvgIpc) is 2.74. The van der Waals surface area contributed by atoms with Crippen molar-refractivity contribution >= 4 is 5.82 Å². The number of aryl methyl sites for hydroxylation is 1. The fraction of sp³-hybridized carbons (Fsp3) is 0.667. The minimum atomic E-state index is 0.0155. The van der Waals surface area contributed by atoms with Crippen LogP contribution in [0.3, 0.4) is 0 Å². The summed E-state index contributed by atoms with van der Waals surface area (Å²) < 4.78 is 5.78. The van der Waals surface area contributed by atoms with Gasteiger partial charge in [-0.15, -0.1) is 0 Å². The second-order valence-electron chi connectivity index (χ2n) is 4.50. The van der Waals surface area contributed by atoms with Gasteiger partial charge in [-0.2, -0.15) is 0 Å². The van der Waals surface area contributed by atoms with E-state index in [2.05, 4.69) is 29.2 Å². The molecule has 0 saturated carbocycles. The summed E-state index contributed by atoms with van der Waals surface area (Å²) in [5.41, 5.74) is 4.71. The van der Waals surface area contributed by atoms with Crippen molar-refractivity contribution in [3.8, 4) is 0 Å². The zero-order valence-corrected chi connectivity index (χ0v) is 10.7. The van der Waals surface area contributed by atoms with Gasteiger partial charge in [-0.3, -0.25) is 0 Å². The van der Waals surface area contributed by atoms with E-state index in [1.165, 1.54) is 0 Å². The molecule has 2 unspecified atom stereocenters. The maximum absolute atomic E-state index is 5.78. The number of nitrogens with zero attached hydrogens (tertiary/aromatic N) is 2. The number of anilines is 1. The number of rotatable bonds is 3. The van der Waals surface area contributed by atoms with Gasteiger partial charge in [-0.05, 0) is 33.1 Å². The van der Waals surface area contributed by atoms with Crippen molar-refractivity contribution in [2.24, 2.45) is 5.84 Å². The van der Waals surface area contributed by atoms with Crippen LogP contribution in [-0.2, 0) is 11.2 Å². The van der Waals surface area contributed by atoms with Crippen LogP contribution in [0.5, 0.6) is 0 Å². The van der Waals surface area contributed by atoms with E-state index in [-0.39, 0.29) is 6.10 Å². The second-order valence-corrected chi connectivity index (χ2v) is 4.50. The SMILES string of the molecule is CCc1c(C)nc(C2CCC(C)O2)nc1NN. The molecule has 2 heterocycles. The Morgan fingerprint density at radius 1 is 1.41 bits per heavy atom. The normalized spacial score (nSPS) is 24.0. The highest BCUT2D eigenvalue weighted by Crippen LogP contribution is 2.31. The third-order valence-corrected chi connectivity index (χ3v) is 3.24. The molecule has 0 radical (unpaired) electrons. The van der Waals surface area contributed by atoms with Crippen LogP contribution >= 0.6 is 0 Å². The highest BCUT2D eigenvalue weighted by molar-refractivity contribution is 5.45. The minimum absolute atomic E-state index is 0.0155. The highest BCUT2D eigenvalue weighted by atomic mass is 16.5. The van der Waals surface area contributed by atoms with E-state index in [1.54, 1.807) is 0 Å². The largest absolute Gasteiger partial charge is 0.367 e. The molecule has 1 aromatic rings. The topological polar surface area (TPSA) is 73.1 Å². The number of hydrogen-bond acceptors (Lipinski definition) is 5. The van der Waals surface area contributed by atoms with Crippen molar-refractivity contribution in [2.45, 2.75) is 52.2 Å². The maximum atomic E-state index is 5.78. The van der Waals surface area contributed by atoms with E-state index in [9.17, 15) is 0 Å². The van der Waals surface area contributed by atoms with Crippen LogP contribution in [0.2, 0.25) is 0 Å². The van der Waals surface area contributed by atoms with Crippen molar-refractivity contribution in [3.63, 3.8) is 0 Å². The Balaban J connectivity index is 2.33. The van der Waals surface area contributed by atoms with Crippen LogP contribution in [0.4, 0.5) is 5.82 Å². The smallest absolute Gasteiger partial charge is 0.159 e. The van der Waals surface area contributed by atoms with Crippen LogP contribution in [-0.4, -0.2) is 16.1 Å². The second kappa shape index (κ2) is 4.98. The molecule has 0 bridgehead atoms. The van der Waals surface area contributed by atoms with Crippen molar-refractivity contribution < 1.29 is 4.74 Å². The average molecular weight is 236 g/mol. The van der Waals surface area contributed by atoms with Crippen LogP contribution in [0.1, 0.15) is 49.9 Å². The molecule has 2 rings (SSSR count). The van der Waals surface area contributed by atoms with Gasteiger partial charge in [-0.25, -0.2) is 15.8 Å². The van der Waals surface area contributed by atoms with Crippen LogP contribution < -0.4 is 11.3 Å². The van der Waals surface area contributed by atoms with E-state index in [0.29, 0.717) is 6.10 Å². The van der Waals surface area contributed by atoms with E-state index >= 15 is 0 Å². The summed E-state index contributed by atoms with van der Waals surface area (Å²) in [6.07, 6.45) is 3.23. The standard InChI is InChI=1S/C12H20N4O/c1-4-9-8(3)14-12(15-11(9)16-13)10-6-5-7(2)17-10/h7,10H,4-6,13H2,1-3H3,(H,14,15,16). The highest BCUT2D eigenvalue weighted by Gasteiger charge is 2.26. The van der Waals surface area contributed by atoms with Gasteiger partial charge >= 0.3 is 0 Å². The molecule has 0 amide bonds. The molecule has 1 aliphatic heterocycles. The van der Waals surface area contributed by atoms with Gasteiger partial charge in [0.2, 0.25) is 0 Å². The fourth-order valence-electron chi connectivity index (χ4n) is 2.30. The summed E-state index contributed by atoms with van der Waals surface area (Å²) in [7, 11) is 0. The lowest BCUT2D eigenvalue weighted by Gasteiger charge is -2.15. The summed E-state index contributed by atoms with van der Waals surface area (Å²) in [6, 6.07) is 0. The van der Waals surface area contributed by atoms with Gasteiger partial charge in [0.25, 0.3) is 0 Å². The molecule has 1 aliphatic rings. The first-order valence-electron chi connectivity index (χ1n) is 6.15. The first-order valence-corrected chi connectivity index (χ1v) is 6.15. The van der Waals surface area contributed by atoms with Gasteiger partial charge < -0.3 is 10.2 Å². The molecule has 17 heavy (non-hydrogen) atoms. The molecule has 5 nitrogen and oxygen atoms in total. The molecule has 0 aromatic carbocycles. The molecular weight excluding hydrogens is 216 g/mol. The lowest BCUT2D eigenvalue weighted by atomic mass is 10.1. The number of nitrogen functional groups attached to an aromatic ring is 1. The number of ether oxygens (including phenoxy) is 1. The molecule has 2 atom stereocenters. The fourth-order valence-corrected chi connectivity index (χ4v) is 2.30. The number of aromatic nitrogens is 2. The summed E-state index contributed by atoms with van der Waals surface area (Å²) >= 11 is 0. The summed E-state index contributed by atoms with van der Waals surface area (Å²) in [4.78, 5) is 9.00. The monoisotopic (exact) mass is 236 g/mol. The van der Waals surface area contributed by atoms with Crippen LogP contribution in [0.15, 0.2) is 0 Å². The Morgan fingerprint density at radius 2 is 2.18 bits per heavy atom. The van der Waals surface area contributed by atoms with Gasteiger partial charge in [0.15, 0.2) is 5.82 Å².